The maximum absolute atomic E-state index is 11.6. The van der Waals surface area contributed by atoms with Gasteiger partial charge in [0.2, 0.25) is 17.7 Å². The monoisotopic (exact) mass is 275 g/mol. The van der Waals surface area contributed by atoms with Crippen molar-refractivity contribution in [1.29, 1.82) is 0 Å². The Balaban J connectivity index is 1.62. The first-order chi connectivity index (χ1) is 9.65. The molecule has 106 valence electrons. The van der Waals surface area contributed by atoms with Crippen molar-refractivity contribution >= 4 is 17.7 Å². The van der Waals surface area contributed by atoms with Crippen molar-refractivity contribution in [2.24, 2.45) is 0 Å². The second kappa shape index (κ2) is 6.70. The summed E-state index contributed by atoms with van der Waals surface area (Å²) in [5.74, 6) is -0.714. The fourth-order valence-electron chi connectivity index (χ4n) is 1.82. The Kier molecular flexibility index (Phi) is 4.70. The molecule has 1 heterocycles. The molecule has 1 saturated heterocycles. The Morgan fingerprint density at radius 3 is 2.55 bits per heavy atom. The van der Waals surface area contributed by atoms with Crippen LogP contribution < -0.4 is 16.0 Å². The summed E-state index contributed by atoms with van der Waals surface area (Å²) in [6.07, 6.45) is 0.973. The first-order valence-electron chi connectivity index (χ1n) is 6.53. The topological polar surface area (TPSA) is 87.3 Å². The zero-order valence-electron chi connectivity index (χ0n) is 11.0. The molecule has 6 nitrogen and oxygen atoms in total. The predicted molar refractivity (Wildman–Crippen MR) is 72.7 cm³/mol. The van der Waals surface area contributed by atoms with Crippen LogP contribution in [0.3, 0.4) is 0 Å². The molecule has 1 fully saturated rings. The van der Waals surface area contributed by atoms with Gasteiger partial charge in [-0.15, -0.1) is 0 Å². The van der Waals surface area contributed by atoms with Gasteiger partial charge in [-0.05, 0) is 12.0 Å². The van der Waals surface area contributed by atoms with Crippen LogP contribution in [0.4, 0.5) is 0 Å². The average molecular weight is 275 g/mol. The molecule has 1 aliphatic rings. The number of carbonyl (C=O) groups excluding carboxylic acids is 3. The van der Waals surface area contributed by atoms with Gasteiger partial charge in [0, 0.05) is 13.0 Å². The quantitative estimate of drug-likeness (QED) is 0.603. The molecule has 0 aliphatic carbocycles. The molecule has 0 aromatic heterocycles. The van der Waals surface area contributed by atoms with Crippen LogP contribution in [0.25, 0.3) is 0 Å². The van der Waals surface area contributed by atoms with Gasteiger partial charge in [-0.1, -0.05) is 30.3 Å². The van der Waals surface area contributed by atoms with Gasteiger partial charge in [-0.25, -0.2) is 0 Å². The Hall–Kier alpha value is -2.37. The van der Waals surface area contributed by atoms with Crippen LogP contribution in [-0.4, -0.2) is 36.9 Å². The van der Waals surface area contributed by atoms with E-state index in [2.05, 4.69) is 16.0 Å². The third-order valence-corrected chi connectivity index (χ3v) is 3.06. The van der Waals surface area contributed by atoms with E-state index in [9.17, 15) is 14.4 Å². The molecular weight excluding hydrogens is 258 g/mol. The predicted octanol–water partition coefficient (Wildman–Crippen LogP) is -0.650. The van der Waals surface area contributed by atoms with E-state index in [-0.39, 0.29) is 24.3 Å². The lowest BCUT2D eigenvalue weighted by Crippen LogP contribution is -2.62. The minimum atomic E-state index is -0.455. The van der Waals surface area contributed by atoms with Gasteiger partial charge in [0.05, 0.1) is 6.54 Å². The van der Waals surface area contributed by atoms with Gasteiger partial charge in [0.1, 0.15) is 6.04 Å². The number of carbonyl (C=O) groups is 3. The van der Waals surface area contributed by atoms with Crippen LogP contribution in [-0.2, 0) is 20.8 Å². The molecule has 0 radical (unpaired) electrons. The van der Waals surface area contributed by atoms with E-state index < -0.39 is 6.04 Å². The Morgan fingerprint density at radius 1 is 1.20 bits per heavy atom. The van der Waals surface area contributed by atoms with Gasteiger partial charge < -0.3 is 16.0 Å². The second-order valence-electron chi connectivity index (χ2n) is 4.63. The van der Waals surface area contributed by atoms with E-state index in [1.54, 1.807) is 0 Å². The third-order valence-electron chi connectivity index (χ3n) is 3.06. The molecule has 0 bridgehead atoms. The summed E-state index contributed by atoms with van der Waals surface area (Å²) >= 11 is 0. The van der Waals surface area contributed by atoms with Crippen LogP contribution in [0.15, 0.2) is 30.3 Å². The number of aryl methyl sites for hydroxylation is 1. The smallest absolute Gasteiger partial charge is 0.244 e. The lowest BCUT2D eigenvalue weighted by atomic mass is 10.1. The summed E-state index contributed by atoms with van der Waals surface area (Å²) < 4.78 is 0. The minimum Gasteiger partial charge on any atom is -0.352 e. The molecule has 1 aromatic carbocycles. The lowest BCUT2D eigenvalue weighted by Gasteiger charge is -2.26. The summed E-state index contributed by atoms with van der Waals surface area (Å²) in [6.45, 7) is 0.351. The number of nitrogens with one attached hydrogen (secondary N) is 3. The molecule has 1 aromatic rings. The standard InChI is InChI=1S/C14H17N3O3/c18-12(7-6-10-4-2-1-3-5-10)15-9-13(19)17-11-8-16-14(11)20/h1-5,11H,6-9H2,(H,15,18)(H,16,20)(H,17,19). The molecule has 20 heavy (non-hydrogen) atoms. The fourth-order valence-corrected chi connectivity index (χ4v) is 1.82. The van der Waals surface area contributed by atoms with Gasteiger partial charge in [-0.3, -0.25) is 14.4 Å². The summed E-state index contributed by atoms with van der Waals surface area (Å²) in [6, 6.07) is 9.22. The molecule has 3 amide bonds. The number of amides is 3. The molecular formula is C14H17N3O3. The van der Waals surface area contributed by atoms with Gasteiger partial charge >= 0.3 is 0 Å². The highest BCUT2D eigenvalue weighted by Crippen LogP contribution is 2.01. The zero-order chi connectivity index (χ0) is 14.4. The van der Waals surface area contributed by atoms with Crippen LogP contribution in [0.1, 0.15) is 12.0 Å². The highest BCUT2D eigenvalue weighted by atomic mass is 16.2. The lowest BCUT2D eigenvalue weighted by molar-refractivity contribution is -0.133. The van der Waals surface area contributed by atoms with Crippen molar-refractivity contribution < 1.29 is 14.4 Å². The average Bonchev–Trinajstić information content (AvgIpc) is 2.48. The van der Waals surface area contributed by atoms with E-state index in [0.29, 0.717) is 19.4 Å². The first-order valence-corrected chi connectivity index (χ1v) is 6.53. The van der Waals surface area contributed by atoms with E-state index in [4.69, 9.17) is 0 Å². The highest BCUT2D eigenvalue weighted by molar-refractivity contribution is 5.93. The van der Waals surface area contributed by atoms with Gasteiger partial charge in [-0.2, -0.15) is 0 Å². The maximum atomic E-state index is 11.6. The number of hydrogen-bond acceptors (Lipinski definition) is 3. The van der Waals surface area contributed by atoms with Crippen LogP contribution in [0.5, 0.6) is 0 Å². The number of rotatable bonds is 6. The first kappa shape index (κ1) is 14.0. The molecule has 1 atom stereocenters. The Labute approximate surface area is 116 Å². The van der Waals surface area contributed by atoms with Crippen LogP contribution in [0, 0.1) is 0 Å². The molecule has 6 heteroatoms. The second-order valence-corrected chi connectivity index (χ2v) is 4.63. The molecule has 0 saturated carbocycles. The van der Waals surface area contributed by atoms with Crippen molar-refractivity contribution in [3.63, 3.8) is 0 Å². The van der Waals surface area contributed by atoms with E-state index in [1.807, 2.05) is 30.3 Å². The molecule has 2 rings (SSSR count). The number of benzene rings is 1. The van der Waals surface area contributed by atoms with E-state index in [0.717, 1.165) is 5.56 Å². The molecule has 3 N–H and O–H groups in total. The van der Waals surface area contributed by atoms with Crippen molar-refractivity contribution in [1.82, 2.24) is 16.0 Å². The Morgan fingerprint density at radius 2 is 1.95 bits per heavy atom. The van der Waals surface area contributed by atoms with Gasteiger partial charge in [0.25, 0.3) is 0 Å². The van der Waals surface area contributed by atoms with Crippen LogP contribution >= 0.6 is 0 Å². The SMILES string of the molecule is O=C(CCc1ccccc1)NCC(=O)NC1CNC1=O. The zero-order valence-corrected chi connectivity index (χ0v) is 11.0. The third kappa shape index (κ3) is 4.08. The van der Waals surface area contributed by atoms with Crippen LogP contribution in [0.2, 0.25) is 0 Å². The summed E-state index contributed by atoms with van der Waals surface area (Å²) in [4.78, 5) is 34.0. The number of β-lactam (4-membered cyclic amide) rings is 1. The summed E-state index contributed by atoms with van der Waals surface area (Å²) in [7, 11) is 0. The van der Waals surface area contributed by atoms with Gasteiger partial charge in [0.15, 0.2) is 0 Å². The largest absolute Gasteiger partial charge is 0.352 e. The highest BCUT2D eigenvalue weighted by Gasteiger charge is 2.28. The summed E-state index contributed by atoms with van der Waals surface area (Å²) in [5.41, 5.74) is 1.08. The maximum Gasteiger partial charge on any atom is 0.244 e. The van der Waals surface area contributed by atoms with E-state index >= 15 is 0 Å². The fraction of sp³-hybridized carbons (Fsp3) is 0.357. The van der Waals surface area contributed by atoms with Crippen molar-refractivity contribution in [3.8, 4) is 0 Å². The normalized spacial score (nSPS) is 16.8. The number of hydrogen-bond donors (Lipinski definition) is 3. The van der Waals surface area contributed by atoms with Crippen molar-refractivity contribution in [3.05, 3.63) is 35.9 Å². The van der Waals surface area contributed by atoms with Crippen molar-refractivity contribution in [2.45, 2.75) is 18.9 Å². The summed E-state index contributed by atoms with van der Waals surface area (Å²) in [5, 5.41) is 7.59. The molecule has 0 spiro atoms. The van der Waals surface area contributed by atoms with E-state index in [1.165, 1.54) is 0 Å². The molecule has 1 unspecified atom stereocenters. The minimum absolute atomic E-state index is 0.0998. The Bertz CT molecular complexity index is 502. The molecule has 1 aliphatic heterocycles. The van der Waals surface area contributed by atoms with Crippen molar-refractivity contribution in [2.75, 3.05) is 13.1 Å².